The molecule has 0 aliphatic heterocycles. The second kappa shape index (κ2) is 11.1. The summed E-state index contributed by atoms with van der Waals surface area (Å²) >= 11 is 7.77. The van der Waals surface area contributed by atoms with Gasteiger partial charge in [-0.15, -0.1) is 11.3 Å². The first-order chi connectivity index (χ1) is 20.5. The highest BCUT2D eigenvalue weighted by Gasteiger charge is 2.33. The number of aryl methyl sites for hydroxylation is 2. The number of thiazole rings is 1. The highest BCUT2D eigenvalue weighted by atomic mass is 35.5. The Labute approximate surface area is 258 Å². The third-order valence-electron chi connectivity index (χ3n) is 7.09. The van der Waals surface area contributed by atoms with Crippen LogP contribution in [0.25, 0.3) is 54.3 Å². The number of hydrogen-bond donors (Lipinski definition) is 0. The average Bonchev–Trinajstić information content (AvgIpc) is 3.58. The third kappa shape index (κ3) is 5.63. The zero-order chi connectivity index (χ0) is 30.5. The molecule has 218 valence electrons. The van der Waals surface area contributed by atoms with Crippen LogP contribution in [0.5, 0.6) is 0 Å². The number of carbonyl (C=O) groups excluding carboxylic acids is 1. The minimum Gasteiger partial charge on any atom is -0.467 e. The summed E-state index contributed by atoms with van der Waals surface area (Å²) in [5.41, 5.74) is 6.16. The van der Waals surface area contributed by atoms with E-state index in [1.165, 1.54) is 18.4 Å². The van der Waals surface area contributed by atoms with Crippen molar-refractivity contribution in [2.24, 2.45) is 7.05 Å². The van der Waals surface area contributed by atoms with E-state index in [9.17, 15) is 4.79 Å². The maximum atomic E-state index is 13.2. The lowest BCUT2D eigenvalue weighted by Crippen LogP contribution is -2.29. The van der Waals surface area contributed by atoms with Crippen LogP contribution in [0.4, 0.5) is 0 Å². The first-order valence-electron chi connectivity index (χ1n) is 13.7. The van der Waals surface area contributed by atoms with Gasteiger partial charge in [-0.2, -0.15) is 5.10 Å². The van der Waals surface area contributed by atoms with E-state index in [-0.39, 0.29) is 0 Å². The number of aromatic nitrogens is 5. The maximum absolute atomic E-state index is 13.2. The van der Waals surface area contributed by atoms with Crippen molar-refractivity contribution < 1.29 is 14.3 Å². The Kier molecular flexibility index (Phi) is 7.50. The van der Waals surface area contributed by atoms with E-state index < -0.39 is 17.7 Å². The molecular weight excluding hydrogens is 582 g/mol. The number of benzene rings is 3. The highest BCUT2D eigenvalue weighted by Crippen LogP contribution is 2.44. The maximum Gasteiger partial charge on any atom is 0.339 e. The van der Waals surface area contributed by atoms with Gasteiger partial charge in [-0.1, -0.05) is 23.7 Å². The largest absolute Gasteiger partial charge is 0.467 e. The van der Waals surface area contributed by atoms with Crippen LogP contribution in [0.2, 0.25) is 5.02 Å². The first kappa shape index (κ1) is 28.9. The number of fused-ring (bicyclic) bond motifs is 2. The van der Waals surface area contributed by atoms with Gasteiger partial charge in [0.15, 0.2) is 11.9 Å². The van der Waals surface area contributed by atoms with Gasteiger partial charge in [0.2, 0.25) is 0 Å². The second-order valence-corrected chi connectivity index (χ2v) is 12.7. The topological polar surface area (TPSA) is 92.0 Å². The number of ether oxygens (including phenoxy) is 2. The molecule has 0 N–H and O–H groups in total. The molecule has 10 heteroatoms. The predicted molar refractivity (Wildman–Crippen MR) is 171 cm³/mol. The number of nitrogens with zero attached hydrogens (tertiary/aromatic N) is 5. The first-order valence-corrected chi connectivity index (χ1v) is 14.9. The average molecular weight is 612 g/mol. The fraction of sp³-hybridized carbons (Fsp3) is 0.242. The van der Waals surface area contributed by atoms with E-state index in [0.29, 0.717) is 16.5 Å². The van der Waals surface area contributed by atoms with Crippen LogP contribution >= 0.6 is 22.9 Å². The summed E-state index contributed by atoms with van der Waals surface area (Å²) in [5, 5.41) is 6.71. The molecule has 3 aromatic heterocycles. The molecule has 0 spiro atoms. The normalized spacial score (nSPS) is 12.6. The molecule has 6 aromatic rings. The summed E-state index contributed by atoms with van der Waals surface area (Å²) < 4.78 is 14.3. The molecule has 0 aliphatic rings. The van der Waals surface area contributed by atoms with E-state index in [4.69, 9.17) is 31.0 Å². The van der Waals surface area contributed by atoms with Crippen LogP contribution in [0.3, 0.4) is 0 Å². The molecular formula is C33H30ClN5O3S. The zero-order valence-corrected chi connectivity index (χ0v) is 26.2. The summed E-state index contributed by atoms with van der Waals surface area (Å²) in [6.45, 7) is 7.72. The third-order valence-corrected chi connectivity index (χ3v) is 8.45. The molecule has 0 bridgehead atoms. The fourth-order valence-corrected chi connectivity index (χ4v) is 6.39. The van der Waals surface area contributed by atoms with Gasteiger partial charge in [0.05, 0.1) is 34.6 Å². The number of carbonyl (C=O) groups is 1. The number of rotatable bonds is 6. The van der Waals surface area contributed by atoms with E-state index in [1.54, 1.807) is 6.20 Å². The van der Waals surface area contributed by atoms with Crippen molar-refractivity contribution in [3.05, 3.63) is 83.1 Å². The Bertz CT molecular complexity index is 1990. The van der Waals surface area contributed by atoms with Gasteiger partial charge in [0.1, 0.15) is 10.7 Å². The Hall–Kier alpha value is -4.18. The molecule has 0 radical (unpaired) electrons. The van der Waals surface area contributed by atoms with Gasteiger partial charge in [0, 0.05) is 40.3 Å². The molecule has 1 atom stereocenters. The van der Waals surface area contributed by atoms with Crippen molar-refractivity contribution in [3.63, 3.8) is 0 Å². The second-order valence-electron chi connectivity index (χ2n) is 11.3. The van der Waals surface area contributed by atoms with Gasteiger partial charge < -0.3 is 9.47 Å². The van der Waals surface area contributed by atoms with Crippen molar-refractivity contribution in [3.8, 4) is 33.2 Å². The summed E-state index contributed by atoms with van der Waals surface area (Å²) in [4.78, 5) is 27.7. The van der Waals surface area contributed by atoms with Crippen molar-refractivity contribution >= 4 is 50.0 Å². The highest BCUT2D eigenvalue weighted by molar-refractivity contribution is 7.22. The van der Waals surface area contributed by atoms with E-state index in [0.717, 1.165) is 53.9 Å². The molecule has 0 fully saturated rings. The number of halogens is 1. The Morgan fingerprint density at radius 2 is 1.77 bits per heavy atom. The Balaban J connectivity index is 1.53. The Morgan fingerprint density at radius 1 is 1.02 bits per heavy atom. The van der Waals surface area contributed by atoms with Gasteiger partial charge in [-0.25, -0.2) is 19.7 Å². The van der Waals surface area contributed by atoms with Crippen LogP contribution in [-0.4, -0.2) is 43.4 Å². The zero-order valence-electron chi connectivity index (χ0n) is 24.7. The molecule has 3 aromatic carbocycles. The molecule has 3 heterocycles. The SMILES string of the molecule is COC(=O)[C@@H](OC(C)(C)C)c1c(C)cc2nc(-c3ccnc(-c4ccc5c(cnn5C)c4)n3)sc2c1-c1ccc(Cl)cc1. The minimum absolute atomic E-state index is 0.469. The van der Waals surface area contributed by atoms with Crippen LogP contribution in [0.15, 0.2) is 67.0 Å². The van der Waals surface area contributed by atoms with Gasteiger partial charge in [0.25, 0.3) is 0 Å². The fourth-order valence-electron chi connectivity index (χ4n) is 5.17. The molecule has 0 aliphatic carbocycles. The quantitative estimate of drug-likeness (QED) is 0.176. The lowest BCUT2D eigenvalue weighted by Gasteiger charge is -2.28. The predicted octanol–water partition coefficient (Wildman–Crippen LogP) is 7.97. The number of esters is 1. The van der Waals surface area contributed by atoms with Crippen LogP contribution in [0.1, 0.15) is 38.0 Å². The number of methoxy groups -OCH3 is 1. The molecule has 0 amide bonds. The lowest BCUT2D eigenvalue weighted by molar-refractivity contribution is -0.164. The van der Waals surface area contributed by atoms with Crippen LogP contribution in [0, 0.1) is 6.92 Å². The van der Waals surface area contributed by atoms with Crippen molar-refractivity contribution in [2.75, 3.05) is 7.11 Å². The van der Waals surface area contributed by atoms with Crippen molar-refractivity contribution in [1.82, 2.24) is 24.7 Å². The van der Waals surface area contributed by atoms with E-state index >= 15 is 0 Å². The summed E-state index contributed by atoms with van der Waals surface area (Å²) in [7, 11) is 3.29. The molecule has 0 saturated carbocycles. The van der Waals surface area contributed by atoms with Crippen LogP contribution < -0.4 is 0 Å². The van der Waals surface area contributed by atoms with Crippen molar-refractivity contribution in [2.45, 2.75) is 39.4 Å². The lowest BCUT2D eigenvalue weighted by atomic mass is 9.91. The standard InChI is InChI=1S/C33H30ClN5O3S/c1-18-15-24-29(27(19-7-10-22(34)11-8-19)26(18)28(32(40)41-6)42-33(2,3)4)43-31(38-24)23-13-14-35-30(37-23)20-9-12-25-21(16-20)17-36-39(25)5/h7-17,28H,1-6H3/t28-/m0/s1. The summed E-state index contributed by atoms with van der Waals surface area (Å²) in [6.07, 6.45) is 2.64. The van der Waals surface area contributed by atoms with Gasteiger partial charge in [-0.05, 0) is 81.3 Å². The molecule has 8 nitrogen and oxygen atoms in total. The van der Waals surface area contributed by atoms with Crippen LogP contribution in [-0.2, 0) is 21.3 Å². The van der Waals surface area contributed by atoms with E-state index in [1.807, 2.05) is 100 Å². The Morgan fingerprint density at radius 3 is 2.49 bits per heavy atom. The van der Waals surface area contributed by atoms with Gasteiger partial charge in [-0.3, -0.25) is 4.68 Å². The van der Waals surface area contributed by atoms with Gasteiger partial charge >= 0.3 is 5.97 Å². The van der Waals surface area contributed by atoms with Crippen molar-refractivity contribution in [1.29, 1.82) is 0 Å². The molecule has 0 saturated heterocycles. The summed E-state index contributed by atoms with van der Waals surface area (Å²) in [5.74, 6) is 0.130. The summed E-state index contributed by atoms with van der Waals surface area (Å²) in [6, 6.07) is 17.5. The monoisotopic (exact) mass is 611 g/mol. The number of hydrogen-bond acceptors (Lipinski definition) is 8. The molecule has 0 unspecified atom stereocenters. The molecule has 43 heavy (non-hydrogen) atoms. The minimum atomic E-state index is -0.946. The molecule has 6 rings (SSSR count). The van der Waals surface area contributed by atoms with E-state index in [2.05, 4.69) is 10.1 Å². The smallest absolute Gasteiger partial charge is 0.339 e.